The number of carbonyl (C=O) groups excluding carboxylic acids is 1. The molecule has 0 unspecified atom stereocenters. The van der Waals surface area contributed by atoms with Crippen molar-refractivity contribution in [3.8, 4) is 11.1 Å². The Labute approximate surface area is 112 Å². The minimum Gasteiger partial charge on any atom is -0.298 e. The highest BCUT2D eigenvalue weighted by atomic mass is 35.5. The first-order valence-electron chi connectivity index (χ1n) is 5.34. The van der Waals surface area contributed by atoms with E-state index in [0.717, 1.165) is 6.07 Å². The minimum atomic E-state index is -4.49. The molecule has 0 saturated carbocycles. The van der Waals surface area contributed by atoms with Crippen LogP contribution in [-0.4, -0.2) is 6.29 Å². The first-order valence-corrected chi connectivity index (χ1v) is 5.72. The molecule has 0 fully saturated rings. The van der Waals surface area contributed by atoms with E-state index >= 15 is 0 Å². The fourth-order valence-electron chi connectivity index (χ4n) is 1.68. The van der Waals surface area contributed by atoms with E-state index in [-0.39, 0.29) is 5.02 Å². The predicted molar refractivity (Wildman–Crippen MR) is 67.3 cm³/mol. The molecule has 0 aliphatic rings. The molecule has 2 aromatic carbocycles. The third-order valence-electron chi connectivity index (χ3n) is 2.65. The van der Waals surface area contributed by atoms with Crippen LogP contribution in [-0.2, 0) is 6.18 Å². The molecule has 19 heavy (non-hydrogen) atoms. The molecule has 0 aromatic heterocycles. The summed E-state index contributed by atoms with van der Waals surface area (Å²) in [6, 6.07) is 9.99. The SMILES string of the molecule is O=Cc1ccc(-c2ccc(Cl)c(C(F)(F)F)c2)cc1. The fraction of sp³-hybridized carbons (Fsp3) is 0.0714. The van der Waals surface area contributed by atoms with Crippen molar-refractivity contribution in [2.24, 2.45) is 0 Å². The average molecular weight is 285 g/mol. The molecule has 0 heterocycles. The van der Waals surface area contributed by atoms with E-state index in [0.29, 0.717) is 23.0 Å². The van der Waals surface area contributed by atoms with Gasteiger partial charge in [-0.3, -0.25) is 4.79 Å². The van der Waals surface area contributed by atoms with E-state index in [9.17, 15) is 18.0 Å². The predicted octanol–water partition coefficient (Wildman–Crippen LogP) is 4.84. The molecule has 0 atom stereocenters. The summed E-state index contributed by atoms with van der Waals surface area (Å²) in [7, 11) is 0. The summed E-state index contributed by atoms with van der Waals surface area (Å²) in [5.74, 6) is 0. The number of hydrogen-bond acceptors (Lipinski definition) is 1. The molecule has 98 valence electrons. The van der Waals surface area contributed by atoms with Crippen molar-refractivity contribution in [1.82, 2.24) is 0 Å². The van der Waals surface area contributed by atoms with Crippen molar-refractivity contribution in [2.45, 2.75) is 6.18 Å². The molecule has 0 radical (unpaired) electrons. The molecule has 0 N–H and O–H groups in total. The van der Waals surface area contributed by atoms with Crippen LogP contribution in [0.4, 0.5) is 13.2 Å². The maximum absolute atomic E-state index is 12.7. The van der Waals surface area contributed by atoms with Gasteiger partial charge in [-0.15, -0.1) is 0 Å². The Bertz CT molecular complexity index is 603. The molecule has 0 aliphatic carbocycles. The lowest BCUT2D eigenvalue weighted by Crippen LogP contribution is -2.05. The molecule has 0 saturated heterocycles. The fourth-order valence-corrected chi connectivity index (χ4v) is 1.90. The number of aldehydes is 1. The molecular weight excluding hydrogens is 277 g/mol. The van der Waals surface area contributed by atoms with Gasteiger partial charge in [-0.1, -0.05) is 41.9 Å². The van der Waals surface area contributed by atoms with Crippen molar-refractivity contribution in [3.05, 3.63) is 58.6 Å². The first kappa shape index (κ1) is 13.6. The van der Waals surface area contributed by atoms with Crippen molar-refractivity contribution in [3.63, 3.8) is 0 Å². The van der Waals surface area contributed by atoms with Crippen LogP contribution < -0.4 is 0 Å². The highest BCUT2D eigenvalue weighted by Gasteiger charge is 2.33. The van der Waals surface area contributed by atoms with Gasteiger partial charge in [0.2, 0.25) is 0 Å². The quantitative estimate of drug-likeness (QED) is 0.721. The lowest BCUT2D eigenvalue weighted by atomic mass is 10.0. The van der Waals surface area contributed by atoms with E-state index < -0.39 is 11.7 Å². The summed E-state index contributed by atoms with van der Waals surface area (Å²) in [6.45, 7) is 0. The Hall–Kier alpha value is -1.81. The van der Waals surface area contributed by atoms with Gasteiger partial charge in [0.1, 0.15) is 6.29 Å². The molecular formula is C14H8ClF3O. The standard InChI is InChI=1S/C14H8ClF3O/c15-13-6-5-11(7-12(13)14(16,17)18)10-3-1-9(8-19)2-4-10/h1-8H. The largest absolute Gasteiger partial charge is 0.417 e. The van der Waals surface area contributed by atoms with Crippen LogP contribution >= 0.6 is 11.6 Å². The van der Waals surface area contributed by atoms with Gasteiger partial charge in [0.15, 0.2) is 0 Å². The summed E-state index contributed by atoms with van der Waals surface area (Å²) in [4.78, 5) is 10.5. The first-order chi connectivity index (χ1) is 8.91. The smallest absolute Gasteiger partial charge is 0.298 e. The Morgan fingerprint density at radius 1 is 0.947 bits per heavy atom. The zero-order valence-electron chi connectivity index (χ0n) is 9.54. The summed E-state index contributed by atoms with van der Waals surface area (Å²) < 4.78 is 38.2. The number of alkyl halides is 3. The van der Waals surface area contributed by atoms with E-state index in [1.165, 1.54) is 12.1 Å². The topological polar surface area (TPSA) is 17.1 Å². The van der Waals surface area contributed by atoms with Gasteiger partial charge in [0, 0.05) is 5.56 Å². The molecule has 0 bridgehead atoms. The van der Waals surface area contributed by atoms with Crippen molar-refractivity contribution >= 4 is 17.9 Å². The van der Waals surface area contributed by atoms with Crippen molar-refractivity contribution in [2.75, 3.05) is 0 Å². The molecule has 0 aliphatic heterocycles. The highest BCUT2D eigenvalue weighted by Crippen LogP contribution is 2.37. The highest BCUT2D eigenvalue weighted by molar-refractivity contribution is 6.31. The zero-order chi connectivity index (χ0) is 14.0. The van der Waals surface area contributed by atoms with E-state index in [4.69, 9.17) is 11.6 Å². The maximum Gasteiger partial charge on any atom is 0.417 e. The van der Waals surface area contributed by atoms with Crippen LogP contribution in [0.1, 0.15) is 15.9 Å². The number of carbonyl (C=O) groups is 1. The van der Waals surface area contributed by atoms with E-state index in [1.54, 1.807) is 24.3 Å². The van der Waals surface area contributed by atoms with Gasteiger partial charge < -0.3 is 0 Å². The van der Waals surface area contributed by atoms with Crippen LogP contribution in [0.15, 0.2) is 42.5 Å². The van der Waals surface area contributed by atoms with Crippen molar-refractivity contribution < 1.29 is 18.0 Å². The lowest BCUT2D eigenvalue weighted by molar-refractivity contribution is -0.137. The van der Waals surface area contributed by atoms with Gasteiger partial charge in [-0.25, -0.2) is 0 Å². The Morgan fingerprint density at radius 2 is 1.53 bits per heavy atom. The molecule has 1 nitrogen and oxygen atoms in total. The Kier molecular flexibility index (Phi) is 3.62. The second-order valence-corrected chi connectivity index (χ2v) is 4.34. The number of benzene rings is 2. The summed E-state index contributed by atoms with van der Waals surface area (Å²) >= 11 is 5.55. The molecule has 0 spiro atoms. The van der Waals surface area contributed by atoms with Crippen LogP contribution in [0.25, 0.3) is 11.1 Å². The normalized spacial score (nSPS) is 11.4. The summed E-state index contributed by atoms with van der Waals surface area (Å²) in [5, 5.41) is -0.333. The van der Waals surface area contributed by atoms with Crippen molar-refractivity contribution in [1.29, 1.82) is 0 Å². The van der Waals surface area contributed by atoms with Gasteiger partial charge >= 0.3 is 6.18 Å². The monoisotopic (exact) mass is 284 g/mol. The maximum atomic E-state index is 12.7. The second kappa shape index (κ2) is 5.05. The molecule has 5 heteroatoms. The van der Waals surface area contributed by atoms with Crippen LogP contribution in [0, 0.1) is 0 Å². The van der Waals surface area contributed by atoms with Gasteiger partial charge in [-0.05, 0) is 23.3 Å². The minimum absolute atomic E-state index is 0.333. The summed E-state index contributed by atoms with van der Waals surface area (Å²) in [6.07, 6.45) is -3.82. The van der Waals surface area contributed by atoms with Gasteiger partial charge in [0.05, 0.1) is 10.6 Å². The summed E-state index contributed by atoms with van der Waals surface area (Å²) in [5.41, 5.74) is 0.585. The zero-order valence-corrected chi connectivity index (χ0v) is 10.3. The second-order valence-electron chi connectivity index (χ2n) is 3.93. The van der Waals surface area contributed by atoms with Gasteiger partial charge in [-0.2, -0.15) is 13.2 Å². The number of halogens is 4. The third kappa shape index (κ3) is 2.96. The average Bonchev–Trinajstić information content (AvgIpc) is 2.38. The van der Waals surface area contributed by atoms with Crippen LogP contribution in [0.2, 0.25) is 5.02 Å². The van der Waals surface area contributed by atoms with Crippen LogP contribution in [0.5, 0.6) is 0 Å². The number of rotatable bonds is 2. The number of hydrogen-bond donors (Lipinski definition) is 0. The Morgan fingerprint density at radius 3 is 2.05 bits per heavy atom. The van der Waals surface area contributed by atoms with Crippen LogP contribution in [0.3, 0.4) is 0 Å². The molecule has 2 rings (SSSR count). The van der Waals surface area contributed by atoms with Gasteiger partial charge in [0.25, 0.3) is 0 Å². The van der Waals surface area contributed by atoms with E-state index in [2.05, 4.69) is 0 Å². The Balaban J connectivity index is 2.48. The lowest BCUT2D eigenvalue weighted by Gasteiger charge is -2.11. The molecule has 2 aromatic rings. The molecule has 0 amide bonds. The van der Waals surface area contributed by atoms with E-state index in [1.807, 2.05) is 0 Å². The third-order valence-corrected chi connectivity index (χ3v) is 2.98.